The number of hydrogen-bond donors (Lipinski definition) is 0. The van der Waals surface area contributed by atoms with E-state index in [0.29, 0.717) is 0 Å². The highest BCUT2D eigenvalue weighted by molar-refractivity contribution is 5.01. The van der Waals surface area contributed by atoms with E-state index < -0.39 is 0 Å². The molecule has 0 aromatic rings. The molecule has 2 heterocycles. The van der Waals surface area contributed by atoms with Gasteiger partial charge in [-0.25, -0.2) is 0 Å². The smallest absolute Gasteiger partial charge is 0.0376 e. The van der Waals surface area contributed by atoms with Crippen molar-refractivity contribution in [3.8, 4) is 0 Å². The summed E-state index contributed by atoms with van der Waals surface area (Å²) in [6.45, 7) is 7.24. The summed E-state index contributed by atoms with van der Waals surface area (Å²) in [5.74, 6) is 0. The molecule has 0 aromatic heterocycles. The lowest BCUT2D eigenvalue weighted by atomic mass is 9.86. The highest BCUT2D eigenvalue weighted by atomic mass is 15.3. The molecule has 2 heteroatoms. The van der Waals surface area contributed by atoms with Crippen LogP contribution in [0.15, 0.2) is 0 Å². The van der Waals surface area contributed by atoms with Crippen molar-refractivity contribution in [1.82, 2.24) is 9.80 Å². The molecular weight excluding hydrogens is 148 g/mol. The Labute approximate surface area is 75.5 Å². The van der Waals surface area contributed by atoms with Crippen LogP contribution < -0.4 is 0 Å². The fraction of sp³-hybridized carbons (Fsp3) is 1.00. The SMILES string of the molecule is CC(C)N1CC2C1CCCN2C. The molecule has 0 N–H and O–H groups in total. The van der Waals surface area contributed by atoms with Crippen LogP contribution in [0.25, 0.3) is 0 Å². The first kappa shape index (κ1) is 8.52. The van der Waals surface area contributed by atoms with E-state index in [0.717, 1.165) is 18.1 Å². The molecule has 2 unspecified atom stereocenters. The zero-order valence-electron chi connectivity index (χ0n) is 8.45. The Balaban J connectivity index is 1.95. The topological polar surface area (TPSA) is 6.48 Å². The number of nitrogens with zero attached hydrogens (tertiary/aromatic N) is 2. The zero-order chi connectivity index (χ0) is 8.72. The van der Waals surface area contributed by atoms with Gasteiger partial charge in [-0.15, -0.1) is 0 Å². The van der Waals surface area contributed by atoms with E-state index in [2.05, 4.69) is 30.7 Å². The van der Waals surface area contributed by atoms with Gasteiger partial charge in [-0.2, -0.15) is 0 Å². The molecule has 2 fully saturated rings. The minimum atomic E-state index is 0.748. The van der Waals surface area contributed by atoms with E-state index in [1.807, 2.05) is 0 Å². The second-order valence-corrected chi connectivity index (χ2v) is 4.55. The summed E-state index contributed by atoms with van der Waals surface area (Å²) >= 11 is 0. The van der Waals surface area contributed by atoms with E-state index in [1.54, 1.807) is 0 Å². The molecule has 0 aromatic carbocycles. The molecule has 2 aliphatic rings. The number of hydrogen-bond acceptors (Lipinski definition) is 2. The molecule has 0 amide bonds. The van der Waals surface area contributed by atoms with Crippen molar-refractivity contribution in [2.24, 2.45) is 0 Å². The molecule has 70 valence electrons. The van der Waals surface area contributed by atoms with Crippen LogP contribution in [-0.2, 0) is 0 Å². The van der Waals surface area contributed by atoms with Gasteiger partial charge in [0, 0.05) is 24.7 Å². The standard InChI is InChI=1S/C10H20N2/c1-8(2)12-7-10-9(12)5-4-6-11(10)3/h8-10H,4-7H2,1-3H3. The molecule has 0 radical (unpaired) electrons. The van der Waals surface area contributed by atoms with Gasteiger partial charge in [0.1, 0.15) is 0 Å². The first-order valence-corrected chi connectivity index (χ1v) is 5.16. The van der Waals surface area contributed by atoms with Crippen molar-refractivity contribution in [1.29, 1.82) is 0 Å². The van der Waals surface area contributed by atoms with Gasteiger partial charge in [0.15, 0.2) is 0 Å². The van der Waals surface area contributed by atoms with E-state index in [1.165, 1.54) is 25.9 Å². The molecule has 0 saturated carbocycles. The average molecular weight is 168 g/mol. The molecular formula is C10H20N2. The second kappa shape index (κ2) is 3.00. The summed E-state index contributed by atoms with van der Waals surface area (Å²) in [6.07, 6.45) is 2.81. The minimum Gasteiger partial charge on any atom is -0.301 e. The highest BCUT2D eigenvalue weighted by Gasteiger charge is 2.43. The van der Waals surface area contributed by atoms with E-state index >= 15 is 0 Å². The molecule has 2 nitrogen and oxygen atoms in total. The summed E-state index contributed by atoms with van der Waals surface area (Å²) in [4.78, 5) is 5.17. The van der Waals surface area contributed by atoms with Gasteiger partial charge in [0.25, 0.3) is 0 Å². The van der Waals surface area contributed by atoms with Gasteiger partial charge in [-0.1, -0.05) is 0 Å². The van der Waals surface area contributed by atoms with Gasteiger partial charge in [0.05, 0.1) is 0 Å². The molecule has 0 bridgehead atoms. The van der Waals surface area contributed by atoms with Gasteiger partial charge < -0.3 is 4.90 Å². The van der Waals surface area contributed by atoms with Crippen LogP contribution in [0, 0.1) is 0 Å². The van der Waals surface area contributed by atoms with Gasteiger partial charge in [-0.05, 0) is 40.3 Å². The fourth-order valence-corrected chi connectivity index (χ4v) is 2.66. The van der Waals surface area contributed by atoms with Crippen molar-refractivity contribution in [2.75, 3.05) is 20.1 Å². The predicted molar refractivity (Wildman–Crippen MR) is 51.3 cm³/mol. The van der Waals surface area contributed by atoms with Gasteiger partial charge in [-0.3, -0.25) is 4.90 Å². The molecule has 2 aliphatic heterocycles. The Morgan fingerprint density at radius 2 is 2.00 bits per heavy atom. The maximum atomic E-state index is 2.64. The molecule has 12 heavy (non-hydrogen) atoms. The number of fused-ring (bicyclic) bond motifs is 1. The average Bonchev–Trinajstić information content (AvgIpc) is 1.92. The summed E-state index contributed by atoms with van der Waals surface area (Å²) in [5.41, 5.74) is 0. The lowest BCUT2D eigenvalue weighted by Crippen LogP contribution is -2.69. The van der Waals surface area contributed by atoms with Crippen molar-refractivity contribution in [2.45, 2.75) is 44.8 Å². The van der Waals surface area contributed by atoms with Crippen LogP contribution in [0.5, 0.6) is 0 Å². The maximum Gasteiger partial charge on any atom is 0.0376 e. The lowest BCUT2D eigenvalue weighted by molar-refractivity contribution is -0.0647. The summed E-state index contributed by atoms with van der Waals surface area (Å²) in [6, 6.07) is 2.50. The Kier molecular flexibility index (Phi) is 2.13. The molecule has 2 saturated heterocycles. The maximum absolute atomic E-state index is 2.64. The Morgan fingerprint density at radius 3 is 2.67 bits per heavy atom. The number of piperidine rings is 1. The molecule has 2 atom stereocenters. The minimum absolute atomic E-state index is 0.748. The molecule has 0 aliphatic carbocycles. The Hall–Kier alpha value is -0.0800. The van der Waals surface area contributed by atoms with Crippen LogP contribution in [0.2, 0.25) is 0 Å². The van der Waals surface area contributed by atoms with Crippen molar-refractivity contribution in [3.05, 3.63) is 0 Å². The molecule has 2 rings (SSSR count). The third-order valence-electron chi connectivity index (χ3n) is 3.51. The predicted octanol–water partition coefficient (Wildman–Crippen LogP) is 1.17. The molecule has 0 spiro atoms. The van der Waals surface area contributed by atoms with Crippen LogP contribution in [0.1, 0.15) is 26.7 Å². The zero-order valence-corrected chi connectivity index (χ0v) is 8.45. The lowest BCUT2D eigenvalue weighted by Gasteiger charge is -2.56. The summed E-state index contributed by atoms with van der Waals surface area (Å²) in [5, 5.41) is 0. The number of likely N-dealkylation sites (tertiary alicyclic amines) is 2. The number of likely N-dealkylation sites (N-methyl/N-ethyl adjacent to an activating group) is 1. The first-order chi connectivity index (χ1) is 5.70. The highest BCUT2D eigenvalue weighted by Crippen LogP contribution is 2.31. The van der Waals surface area contributed by atoms with E-state index in [9.17, 15) is 0 Å². The van der Waals surface area contributed by atoms with Crippen LogP contribution in [0.3, 0.4) is 0 Å². The quantitative estimate of drug-likeness (QED) is 0.580. The van der Waals surface area contributed by atoms with Gasteiger partial charge in [0.2, 0.25) is 0 Å². The van der Waals surface area contributed by atoms with E-state index in [4.69, 9.17) is 0 Å². The van der Waals surface area contributed by atoms with Crippen molar-refractivity contribution >= 4 is 0 Å². The van der Waals surface area contributed by atoms with E-state index in [-0.39, 0.29) is 0 Å². The second-order valence-electron chi connectivity index (χ2n) is 4.55. The van der Waals surface area contributed by atoms with Crippen LogP contribution in [-0.4, -0.2) is 48.1 Å². The van der Waals surface area contributed by atoms with Gasteiger partial charge >= 0.3 is 0 Å². The fourth-order valence-electron chi connectivity index (χ4n) is 2.66. The summed E-state index contributed by atoms with van der Waals surface area (Å²) < 4.78 is 0. The summed E-state index contributed by atoms with van der Waals surface area (Å²) in [7, 11) is 2.27. The first-order valence-electron chi connectivity index (χ1n) is 5.16. The largest absolute Gasteiger partial charge is 0.301 e. The van der Waals surface area contributed by atoms with Crippen LogP contribution >= 0.6 is 0 Å². The third kappa shape index (κ3) is 1.17. The monoisotopic (exact) mass is 168 g/mol. The van der Waals surface area contributed by atoms with Crippen molar-refractivity contribution in [3.63, 3.8) is 0 Å². The Bertz CT molecular complexity index is 163. The van der Waals surface area contributed by atoms with Crippen molar-refractivity contribution < 1.29 is 0 Å². The third-order valence-corrected chi connectivity index (χ3v) is 3.51. The Morgan fingerprint density at radius 1 is 1.25 bits per heavy atom. The van der Waals surface area contributed by atoms with Crippen LogP contribution in [0.4, 0.5) is 0 Å². The number of rotatable bonds is 1. The normalized spacial score (nSPS) is 38.0.